The largest absolute Gasteiger partial charge is 0.481 e. The molecule has 3 aromatic rings. The van der Waals surface area contributed by atoms with E-state index >= 15 is 0 Å². The number of nitrogens with zero attached hydrogens (tertiary/aromatic N) is 2. The number of carboxylic acids is 1. The number of carbonyl (C=O) groups is 1. The number of benzene rings is 1. The molecule has 0 bridgehead atoms. The number of pyridine rings is 1. The van der Waals surface area contributed by atoms with Crippen LogP contribution in [0.1, 0.15) is 31.2 Å². The van der Waals surface area contributed by atoms with Crippen molar-refractivity contribution in [1.82, 2.24) is 4.98 Å². The molecule has 3 heterocycles. The van der Waals surface area contributed by atoms with Crippen molar-refractivity contribution in [2.24, 2.45) is 5.92 Å². The molecule has 0 spiro atoms. The van der Waals surface area contributed by atoms with Crippen LogP contribution in [0.2, 0.25) is 0 Å². The van der Waals surface area contributed by atoms with Gasteiger partial charge in [0.2, 0.25) is 0 Å². The summed E-state index contributed by atoms with van der Waals surface area (Å²) < 4.78 is 25.0. The van der Waals surface area contributed by atoms with Gasteiger partial charge in [-0.05, 0) is 61.9 Å². The van der Waals surface area contributed by atoms with Crippen LogP contribution in [0.25, 0.3) is 22.2 Å². The van der Waals surface area contributed by atoms with Gasteiger partial charge in [-0.3, -0.25) is 9.78 Å². The molecule has 1 fully saturated rings. The third-order valence-corrected chi connectivity index (χ3v) is 5.94. The number of carboxylic acid groups (broad SMARTS) is 1. The Morgan fingerprint density at radius 1 is 1.32 bits per heavy atom. The normalized spacial score (nSPS) is 17.1. The summed E-state index contributed by atoms with van der Waals surface area (Å²) in [5.74, 6) is -1.48. The maximum atomic E-state index is 14.6. The predicted molar refractivity (Wildman–Crippen MR) is 117 cm³/mol. The maximum absolute atomic E-state index is 14.6. The molecule has 0 aliphatic carbocycles. The number of hydrogen-bond donors (Lipinski definition) is 1. The fraction of sp³-hybridized carbons (Fsp3) is 0.417. The standard InChI is InChI=1S/C24H27FN2O4/c1-30-10-3-4-16-12-21(27-8-2-5-17(6-9-27)24(28)29)22(26-15-16)19-13-18-7-11-31-23(18)20(25)14-19/h7,11-15,17H,2-6,8-10H2,1H3,(H,28,29). The van der Waals surface area contributed by atoms with E-state index in [2.05, 4.69) is 11.0 Å². The van der Waals surface area contributed by atoms with Gasteiger partial charge in [0.1, 0.15) is 0 Å². The van der Waals surface area contributed by atoms with E-state index in [1.807, 2.05) is 12.3 Å². The van der Waals surface area contributed by atoms with Gasteiger partial charge in [0, 0.05) is 44.0 Å². The van der Waals surface area contributed by atoms with Gasteiger partial charge in [-0.15, -0.1) is 0 Å². The van der Waals surface area contributed by atoms with Crippen molar-refractivity contribution < 1.29 is 23.4 Å². The summed E-state index contributed by atoms with van der Waals surface area (Å²) in [6, 6.07) is 7.19. The van der Waals surface area contributed by atoms with Gasteiger partial charge in [0.25, 0.3) is 0 Å². The lowest BCUT2D eigenvalue weighted by molar-refractivity contribution is -0.142. The molecule has 1 aromatic carbocycles. The maximum Gasteiger partial charge on any atom is 0.306 e. The van der Waals surface area contributed by atoms with Crippen molar-refractivity contribution in [1.29, 1.82) is 0 Å². The lowest BCUT2D eigenvalue weighted by Crippen LogP contribution is -2.26. The van der Waals surface area contributed by atoms with E-state index in [1.54, 1.807) is 13.2 Å². The topological polar surface area (TPSA) is 75.8 Å². The SMILES string of the molecule is COCCCc1cnc(-c2cc(F)c3occc3c2)c(N2CCCC(C(=O)O)CC2)c1. The smallest absolute Gasteiger partial charge is 0.306 e. The number of aryl methyl sites for hydroxylation is 1. The van der Waals surface area contributed by atoms with E-state index in [9.17, 15) is 14.3 Å². The summed E-state index contributed by atoms with van der Waals surface area (Å²) in [5, 5.41) is 10.1. The van der Waals surface area contributed by atoms with Gasteiger partial charge in [0.05, 0.1) is 23.6 Å². The zero-order valence-electron chi connectivity index (χ0n) is 17.6. The number of rotatable bonds is 7. The van der Waals surface area contributed by atoms with Crippen LogP contribution >= 0.6 is 0 Å². The van der Waals surface area contributed by atoms with Gasteiger partial charge in [0.15, 0.2) is 11.4 Å². The highest BCUT2D eigenvalue weighted by Crippen LogP contribution is 2.35. The third-order valence-electron chi connectivity index (χ3n) is 5.94. The van der Waals surface area contributed by atoms with Gasteiger partial charge >= 0.3 is 5.97 Å². The van der Waals surface area contributed by atoms with Crippen LogP contribution in [0.4, 0.5) is 10.1 Å². The summed E-state index contributed by atoms with van der Waals surface area (Å²) in [7, 11) is 1.68. The van der Waals surface area contributed by atoms with E-state index in [0.717, 1.165) is 37.1 Å². The van der Waals surface area contributed by atoms with E-state index < -0.39 is 11.8 Å². The summed E-state index contributed by atoms with van der Waals surface area (Å²) in [4.78, 5) is 18.4. The van der Waals surface area contributed by atoms with Crippen LogP contribution in [0.15, 0.2) is 41.1 Å². The molecule has 164 valence electrons. The minimum Gasteiger partial charge on any atom is -0.481 e. The molecule has 0 radical (unpaired) electrons. The average Bonchev–Trinajstić information content (AvgIpc) is 3.10. The van der Waals surface area contributed by atoms with Crippen LogP contribution in [0.5, 0.6) is 0 Å². The highest BCUT2D eigenvalue weighted by Gasteiger charge is 2.25. The van der Waals surface area contributed by atoms with Crippen molar-refractivity contribution in [3.63, 3.8) is 0 Å². The zero-order chi connectivity index (χ0) is 21.8. The minimum absolute atomic E-state index is 0.237. The zero-order valence-corrected chi connectivity index (χ0v) is 17.6. The number of furan rings is 1. The van der Waals surface area contributed by atoms with Crippen molar-refractivity contribution in [3.05, 3.63) is 48.1 Å². The van der Waals surface area contributed by atoms with Crippen molar-refractivity contribution in [2.75, 3.05) is 31.7 Å². The first-order valence-corrected chi connectivity index (χ1v) is 10.7. The van der Waals surface area contributed by atoms with Crippen LogP contribution in [0.3, 0.4) is 0 Å². The Balaban J connectivity index is 1.72. The Bertz CT molecular complexity index is 1060. The summed E-state index contributed by atoms with van der Waals surface area (Å²) in [6.45, 7) is 2.05. The van der Waals surface area contributed by atoms with E-state index in [1.165, 1.54) is 12.3 Å². The molecule has 6 nitrogen and oxygen atoms in total. The van der Waals surface area contributed by atoms with Crippen LogP contribution in [-0.4, -0.2) is 42.9 Å². The first-order chi connectivity index (χ1) is 15.1. The Kier molecular flexibility index (Phi) is 6.51. The first-order valence-electron chi connectivity index (χ1n) is 10.7. The molecule has 1 aliphatic heterocycles. The average molecular weight is 426 g/mol. The molecule has 0 amide bonds. The highest BCUT2D eigenvalue weighted by molar-refractivity contribution is 5.86. The fourth-order valence-electron chi connectivity index (χ4n) is 4.27. The molecule has 1 atom stereocenters. The second-order valence-electron chi connectivity index (χ2n) is 8.06. The highest BCUT2D eigenvalue weighted by atomic mass is 19.1. The number of methoxy groups -OCH3 is 1. The lowest BCUT2D eigenvalue weighted by atomic mass is 10.0. The number of aromatic nitrogens is 1. The minimum atomic E-state index is -0.735. The Hall–Kier alpha value is -2.93. The molecule has 31 heavy (non-hydrogen) atoms. The second kappa shape index (κ2) is 9.47. The van der Waals surface area contributed by atoms with E-state index in [-0.39, 0.29) is 11.5 Å². The second-order valence-corrected chi connectivity index (χ2v) is 8.06. The van der Waals surface area contributed by atoms with E-state index in [0.29, 0.717) is 42.6 Å². The summed E-state index contributed by atoms with van der Waals surface area (Å²) in [6.07, 6.45) is 7.06. The monoisotopic (exact) mass is 426 g/mol. The summed E-state index contributed by atoms with van der Waals surface area (Å²) >= 11 is 0. The molecule has 1 unspecified atom stereocenters. The van der Waals surface area contributed by atoms with Gasteiger partial charge < -0.3 is 19.2 Å². The molecule has 0 saturated carbocycles. The fourth-order valence-corrected chi connectivity index (χ4v) is 4.27. The summed E-state index contributed by atoms with van der Waals surface area (Å²) in [5.41, 5.74) is 3.62. The van der Waals surface area contributed by atoms with Crippen LogP contribution < -0.4 is 4.90 Å². The van der Waals surface area contributed by atoms with Crippen LogP contribution in [-0.2, 0) is 16.0 Å². The molecule has 1 saturated heterocycles. The Morgan fingerprint density at radius 2 is 2.19 bits per heavy atom. The van der Waals surface area contributed by atoms with Crippen LogP contribution in [0, 0.1) is 11.7 Å². The molecule has 7 heteroatoms. The molecular weight excluding hydrogens is 399 g/mol. The molecule has 4 rings (SSSR count). The molecule has 2 aromatic heterocycles. The lowest BCUT2D eigenvalue weighted by Gasteiger charge is -2.26. The van der Waals surface area contributed by atoms with Crippen molar-refractivity contribution >= 4 is 22.6 Å². The number of ether oxygens (including phenoxy) is 1. The number of halogens is 1. The van der Waals surface area contributed by atoms with Gasteiger partial charge in [-0.2, -0.15) is 0 Å². The molecule has 1 N–H and O–H groups in total. The predicted octanol–water partition coefficient (Wildman–Crippen LogP) is 4.90. The van der Waals surface area contributed by atoms with Crippen molar-refractivity contribution in [3.8, 4) is 11.3 Å². The first kappa shape index (κ1) is 21.3. The number of hydrogen-bond acceptors (Lipinski definition) is 5. The number of aliphatic carboxylic acids is 1. The molecule has 1 aliphatic rings. The number of fused-ring (bicyclic) bond motifs is 1. The van der Waals surface area contributed by atoms with Gasteiger partial charge in [-0.25, -0.2) is 4.39 Å². The molecular formula is C24H27FN2O4. The Labute approximate surface area is 180 Å². The third kappa shape index (κ3) is 4.71. The van der Waals surface area contributed by atoms with E-state index in [4.69, 9.17) is 14.1 Å². The quantitative estimate of drug-likeness (QED) is 0.542. The van der Waals surface area contributed by atoms with Gasteiger partial charge in [-0.1, -0.05) is 0 Å². The Morgan fingerprint density at radius 3 is 3.00 bits per heavy atom. The number of anilines is 1. The van der Waals surface area contributed by atoms with Crippen molar-refractivity contribution in [2.45, 2.75) is 32.1 Å².